The van der Waals surface area contributed by atoms with Gasteiger partial charge in [0.25, 0.3) is 11.7 Å². The van der Waals surface area contributed by atoms with Crippen LogP contribution in [0.5, 0.6) is 0 Å². The molecule has 1 atom stereocenters. The topological polar surface area (TPSA) is 75.7 Å². The lowest BCUT2D eigenvalue weighted by Gasteiger charge is -2.19. The molecule has 0 spiro atoms. The predicted octanol–water partition coefficient (Wildman–Crippen LogP) is 1.88. The van der Waals surface area contributed by atoms with E-state index in [0.717, 1.165) is 19.5 Å². The third-order valence-electron chi connectivity index (χ3n) is 3.73. The first-order valence-electron chi connectivity index (χ1n) is 6.51. The minimum Gasteiger partial charge on any atom is -0.423 e. The van der Waals surface area contributed by atoms with Gasteiger partial charge in [0.2, 0.25) is 0 Å². The molecule has 1 aromatic carbocycles. The van der Waals surface area contributed by atoms with E-state index >= 15 is 0 Å². The summed E-state index contributed by atoms with van der Waals surface area (Å²) < 4.78 is 5.69. The zero-order valence-corrected chi connectivity index (χ0v) is 11.4. The Morgan fingerprint density at radius 2 is 2.30 bits per heavy atom. The Hall–Kier alpha value is -2.15. The maximum Gasteiger partial charge on any atom is 0.298 e. The number of nitro benzene ring substituents is 1. The Bertz CT molecular complexity index is 652. The van der Waals surface area contributed by atoms with Crippen LogP contribution in [0.2, 0.25) is 0 Å². The van der Waals surface area contributed by atoms with Gasteiger partial charge in [0.05, 0.1) is 4.92 Å². The summed E-state index contributed by atoms with van der Waals surface area (Å²) in [6.07, 6.45) is 1.06. The summed E-state index contributed by atoms with van der Waals surface area (Å²) in [5.74, 6) is 0. The van der Waals surface area contributed by atoms with E-state index in [2.05, 4.69) is 28.9 Å². The third kappa shape index (κ3) is 2.20. The van der Waals surface area contributed by atoms with Crippen LogP contribution in [0.15, 0.2) is 22.6 Å². The van der Waals surface area contributed by atoms with Crippen LogP contribution >= 0.6 is 0 Å². The molecular formula is C13H16N4O3. The highest BCUT2D eigenvalue weighted by molar-refractivity contribution is 5.77. The molecule has 0 saturated carbocycles. The van der Waals surface area contributed by atoms with E-state index in [0.29, 0.717) is 23.2 Å². The molecule has 7 heteroatoms. The number of nitro groups is 1. The molecule has 106 valence electrons. The highest BCUT2D eigenvalue weighted by Crippen LogP contribution is 2.28. The molecule has 7 nitrogen and oxygen atoms in total. The highest BCUT2D eigenvalue weighted by Gasteiger charge is 2.27. The average Bonchev–Trinajstić information content (AvgIpc) is 3.04. The van der Waals surface area contributed by atoms with Gasteiger partial charge in [-0.05, 0) is 26.6 Å². The molecule has 2 heterocycles. The number of fused-ring (bicyclic) bond motifs is 1. The lowest BCUT2D eigenvalue weighted by atomic mass is 10.2. The van der Waals surface area contributed by atoms with Gasteiger partial charge in [-0.3, -0.25) is 10.1 Å². The van der Waals surface area contributed by atoms with Crippen molar-refractivity contribution in [3.05, 3.63) is 28.3 Å². The van der Waals surface area contributed by atoms with E-state index in [4.69, 9.17) is 4.42 Å². The maximum absolute atomic E-state index is 10.8. The molecule has 0 N–H and O–H groups in total. The van der Waals surface area contributed by atoms with Crippen molar-refractivity contribution in [3.8, 4) is 0 Å². The molecule has 1 saturated heterocycles. The van der Waals surface area contributed by atoms with Gasteiger partial charge >= 0.3 is 0 Å². The molecular weight excluding hydrogens is 260 g/mol. The number of oxazole rings is 1. The lowest BCUT2D eigenvalue weighted by molar-refractivity contribution is -0.384. The summed E-state index contributed by atoms with van der Waals surface area (Å²) in [7, 11) is 4.12. The molecule has 2 aromatic rings. The first-order valence-corrected chi connectivity index (χ1v) is 6.51. The Balaban J connectivity index is 1.88. The number of hydrogen-bond acceptors (Lipinski definition) is 6. The summed E-state index contributed by atoms with van der Waals surface area (Å²) in [5, 5.41) is 10.8. The number of likely N-dealkylation sites (N-methyl/N-ethyl adjacent to an activating group) is 1. The fourth-order valence-electron chi connectivity index (χ4n) is 2.49. The van der Waals surface area contributed by atoms with Crippen LogP contribution in [0.1, 0.15) is 6.42 Å². The number of benzene rings is 1. The van der Waals surface area contributed by atoms with E-state index in [9.17, 15) is 10.1 Å². The van der Waals surface area contributed by atoms with Gasteiger partial charge in [-0.15, -0.1) is 0 Å². The second kappa shape index (κ2) is 4.75. The number of aromatic nitrogens is 1. The molecule has 1 aliphatic heterocycles. The van der Waals surface area contributed by atoms with Crippen LogP contribution in [0.3, 0.4) is 0 Å². The number of non-ortho nitro benzene ring substituents is 1. The standard InChI is InChI=1S/C13H16N4O3/c1-15(2)10-5-6-16(8-10)13-14-11-7-9(17(18)19)3-4-12(11)20-13/h3-4,7,10H,5-6,8H2,1-2H3. The Morgan fingerprint density at radius 1 is 1.50 bits per heavy atom. The van der Waals surface area contributed by atoms with Crippen LogP contribution in [0, 0.1) is 10.1 Å². The van der Waals surface area contributed by atoms with Gasteiger partial charge in [0.15, 0.2) is 5.58 Å². The van der Waals surface area contributed by atoms with Crippen molar-refractivity contribution in [1.29, 1.82) is 0 Å². The minimum atomic E-state index is -0.425. The summed E-state index contributed by atoms with van der Waals surface area (Å²) in [6.45, 7) is 1.75. The Morgan fingerprint density at radius 3 is 2.95 bits per heavy atom. The maximum atomic E-state index is 10.8. The molecule has 20 heavy (non-hydrogen) atoms. The fourth-order valence-corrected chi connectivity index (χ4v) is 2.49. The molecule has 0 radical (unpaired) electrons. The number of anilines is 1. The van der Waals surface area contributed by atoms with E-state index < -0.39 is 4.92 Å². The first-order chi connectivity index (χ1) is 9.54. The minimum absolute atomic E-state index is 0.0324. The fraction of sp³-hybridized carbons (Fsp3) is 0.462. The van der Waals surface area contributed by atoms with Crippen LogP contribution in [0.25, 0.3) is 11.1 Å². The monoisotopic (exact) mass is 276 g/mol. The zero-order chi connectivity index (χ0) is 14.3. The molecule has 0 aliphatic carbocycles. The van der Waals surface area contributed by atoms with Crippen LogP contribution in [-0.4, -0.2) is 48.0 Å². The Labute approximate surface area is 115 Å². The SMILES string of the molecule is CN(C)C1CCN(c2nc3cc([N+](=O)[O-])ccc3o2)C1. The molecule has 1 aliphatic rings. The van der Waals surface area contributed by atoms with Gasteiger partial charge in [0, 0.05) is 31.3 Å². The molecule has 0 amide bonds. The molecule has 3 rings (SSSR count). The summed E-state index contributed by atoms with van der Waals surface area (Å²) in [6, 6.07) is 5.51. The van der Waals surface area contributed by atoms with Gasteiger partial charge in [-0.1, -0.05) is 0 Å². The van der Waals surface area contributed by atoms with Crippen molar-refractivity contribution in [2.24, 2.45) is 0 Å². The number of rotatable bonds is 3. The molecule has 1 unspecified atom stereocenters. The largest absolute Gasteiger partial charge is 0.423 e. The number of nitrogens with zero attached hydrogens (tertiary/aromatic N) is 4. The van der Waals surface area contributed by atoms with Gasteiger partial charge in [-0.2, -0.15) is 4.98 Å². The van der Waals surface area contributed by atoms with Gasteiger partial charge in [-0.25, -0.2) is 0 Å². The first kappa shape index (κ1) is 12.9. The normalized spacial score (nSPS) is 19.1. The summed E-state index contributed by atoms with van der Waals surface area (Å²) in [5.41, 5.74) is 1.14. The summed E-state index contributed by atoms with van der Waals surface area (Å²) >= 11 is 0. The van der Waals surface area contributed by atoms with Crippen LogP contribution in [0.4, 0.5) is 11.7 Å². The lowest BCUT2D eigenvalue weighted by Crippen LogP contribution is -2.31. The van der Waals surface area contributed by atoms with E-state index in [-0.39, 0.29) is 5.69 Å². The molecule has 0 bridgehead atoms. The summed E-state index contributed by atoms with van der Waals surface area (Å²) in [4.78, 5) is 19.0. The smallest absolute Gasteiger partial charge is 0.298 e. The second-order valence-electron chi connectivity index (χ2n) is 5.26. The molecule has 1 aromatic heterocycles. The second-order valence-corrected chi connectivity index (χ2v) is 5.26. The van der Waals surface area contributed by atoms with Crippen molar-refractivity contribution in [2.75, 3.05) is 32.1 Å². The molecule has 1 fully saturated rings. The van der Waals surface area contributed by atoms with Crippen LogP contribution < -0.4 is 4.90 Å². The van der Waals surface area contributed by atoms with Crippen molar-refractivity contribution in [3.63, 3.8) is 0 Å². The zero-order valence-electron chi connectivity index (χ0n) is 11.4. The highest BCUT2D eigenvalue weighted by atomic mass is 16.6. The van der Waals surface area contributed by atoms with E-state index in [1.807, 2.05) is 0 Å². The quantitative estimate of drug-likeness (QED) is 0.629. The average molecular weight is 276 g/mol. The van der Waals surface area contributed by atoms with E-state index in [1.54, 1.807) is 6.07 Å². The van der Waals surface area contributed by atoms with Gasteiger partial charge < -0.3 is 14.2 Å². The van der Waals surface area contributed by atoms with E-state index in [1.165, 1.54) is 12.1 Å². The van der Waals surface area contributed by atoms with Crippen molar-refractivity contribution >= 4 is 22.8 Å². The van der Waals surface area contributed by atoms with Gasteiger partial charge in [0.1, 0.15) is 5.52 Å². The van der Waals surface area contributed by atoms with Crippen molar-refractivity contribution < 1.29 is 9.34 Å². The van der Waals surface area contributed by atoms with Crippen molar-refractivity contribution in [2.45, 2.75) is 12.5 Å². The third-order valence-corrected chi connectivity index (χ3v) is 3.73. The predicted molar refractivity (Wildman–Crippen MR) is 75.0 cm³/mol. The number of hydrogen-bond donors (Lipinski definition) is 0. The Kier molecular flexibility index (Phi) is 3.06. The van der Waals surface area contributed by atoms with Crippen LogP contribution in [-0.2, 0) is 0 Å². The van der Waals surface area contributed by atoms with Crippen molar-refractivity contribution in [1.82, 2.24) is 9.88 Å².